The summed E-state index contributed by atoms with van der Waals surface area (Å²) in [5.41, 5.74) is 1.70. The number of hydrogen-bond acceptors (Lipinski definition) is 4. The first-order chi connectivity index (χ1) is 10.1. The molecule has 0 atom stereocenters. The SMILES string of the molecule is CC(C)c1ccccc1NC(=O)CSc1nccc(=O)[nH]1. The molecule has 1 aromatic heterocycles. The number of carbonyl (C=O) groups excluding carboxylic acids is 1. The quantitative estimate of drug-likeness (QED) is 0.657. The van der Waals surface area contributed by atoms with E-state index < -0.39 is 0 Å². The van der Waals surface area contributed by atoms with Crippen molar-refractivity contribution < 1.29 is 4.79 Å². The van der Waals surface area contributed by atoms with E-state index in [1.807, 2.05) is 24.3 Å². The van der Waals surface area contributed by atoms with Crippen LogP contribution in [0.5, 0.6) is 0 Å². The van der Waals surface area contributed by atoms with Gasteiger partial charge in [-0.1, -0.05) is 43.8 Å². The number of para-hydroxylation sites is 1. The van der Waals surface area contributed by atoms with Crippen molar-refractivity contribution in [3.05, 3.63) is 52.4 Å². The topological polar surface area (TPSA) is 74.8 Å². The van der Waals surface area contributed by atoms with E-state index in [2.05, 4.69) is 29.1 Å². The first kappa shape index (κ1) is 15.3. The number of anilines is 1. The van der Waals surface area contributed by atoms with E-state index in [9.17, 15) is 9.59 Å². The molecule has 0 aliphatic heterocycles. The van der Waals surface area contributed by atoms with Crippen LogP contribution >= 0.6 is 11.8 Å². The second-order valence-electron chi connectivity index (χ2n) is 4.82. The molecule has 0 bridgehead atoms. The third kappa shape index (κ3) is 4.46. The fraction of sp³-hybridized carbons (Fsp3) is 0.267. The number of benzene rings is 1. The molecule has 0 saturated heterocycles. The molecule has 6 heteroatoms. The number of thioether (sulfide) groups is 1. The molecule has 110 valence electrons. The van der Waals surface area contributed by atoms with Crippen molar-refractivity contribution in [3.8, 4) is 0 Å². The van der Waals surface area contributed by atoms with Gasteiger partial charge < -0.3 is 10.3 Å². The molecule has 0 fully saturated rings. The van der Waals surface area contributed by atoms with E-state index in [1.54, 1.807) is 0 Å². The predicted molar refractivity (Wildman–Crippen MR) is 84.7 cm³/mol. The molecule has 0 saturated carbocycles. The molecule has 2 N–H and O–H groups in total. The number of aromatic nitrogens is 2. The van der Waals surface area contributed by atoms with Gasteiger partial charge in [-0.2, -0.15) is 0 Å². The van der Waals surface area contributed by atoms with Crippen LogP contribution in [0.3, 0.4) is 0 Å². The number of aromatic amines is 1. The number of rotatable bonds is 5. The minimum atomic E-state index is -0.224. The number of amides is 1. The van der Waals surface area contributed by atoms with Crippen LogP contribution in [0.4, 0.5) is 5.69 Å². The van der Waals surface area contributed by atoms with Crippen LogP contribution in [0.15, 0.2) is 46.5 Å². The number of carbonyl (C=O) groups is 1. The highest BCUT2D eigenvalue weighted by atomic mass is 32.2. The standard InChI is InChI=1S/C15H17N3O2S/c1-10(2)11-5-3-4-6-12(11)17-14(20)9-21-15-16-8-7-13(19)18-15/h3-8,10H,9H2,1-2H3,(H,17,20)(H,16,18,19). The third-order valence-electron chi connectivity index (χ3n) is 2.84. The highest BCUT2D eigenvalue weighted by Crippen LogP contribution is 2.24. The first-order valence-electron chi connectivity index (χ1n) is 6.63. The van der Waals surface area contributed by atoms with Crippen molar-refractivity contribution in [1.82, 2.24) is 9.97 Å². The van der Waals surface area contributed by atoms with E-state index in [-0.39, 0.29) is 17.2 Å². The number of nitrogens with one attached hydrogen (secondary N) is 2. The molecule has 1 heterocycles. The van der Waals surface area contributed by atoms with E-state index in [0.29, 0.717) is 11.1 Å². The maximum Gasteiger partial charge on any atom is 0.251 e. The second-order valence-corrected chi connectivity index (χ2v) is 5.78. The molecule has 1 aromatic carbocycles. The van der Waals surface area contributed by atoms with E-state index in [1.165, 1.54) is 24.0 Å². The Kier molecular flexibility index (Phi) is 5.16. The second kappa shape index (κ2) is 7.08. The zero-order valence-corrected chi connectivity index (χ0v) is 12.7. The summed E-state index contributed by atoms with van der Waals surface area (Å²) < 4.78 is 0. The normalized spacial score (nSPS) is 10.6. The summed E-state index contributed by atoms with van der Waals surface area (Å²) in [7, 11) is 0. The summed E-state index contributed by atoms with van der Waals surface area (Å²) in [5, 5.41) is 3.34. The average molecular weight is 303 g/mol. The van der Waals surface area contributed by atoms with Gasteiger partial charge >= 0.3 is 0 Å². The van der Waals surface area contributed by atoms with Crippen LogP contribution in [0.25, 0.3) is 0 Å². The van der Waals surface area contributed by atoms with E-state index >= 15 is 0 Å². The van der Waals surface area contributed by atoms with Crippen LogP contribution < -0.4 is 10.9 Å². The van der Waals surface area contributed by atoms with Gasteiger partial charge in [-0.3, -0.25) is 9.59 Å². The van der Waals surface area contributed by atoms with Gasteiger partial charge in [-0.25, -0.2) is 4.98 Å². The molecule has 0 radical (unpaired) electrons. The Balaban J connectivity index is 1.98. The molecule has 0 aliphatic rings. The fourth-order valence-corrected chi connectivity index (χ4v) is 2.51. The van der Waals surface area contributed by atoms with Crippen molar-refractivity contribution in [1.29, 1.82) is 0 Å². The van der Waals surface area contributed by atoms with Crippen LogP contribution in [0.1, 0.15) is 25.3 Å². The van der Waals surface area contributed by atoms with Crippen molar-refractivity contribution in [3.63, 3.8) is 0 Å². The molecule has 0 unspecified atom stereocenters. The van der Waals surface area contributed by atoms with Gasteiger partial charge in [-0.05, 0) is 17.5 Å². The largest absolute Gasteiger partial charge is 0.325 e. The smallest absolute Gasteiger partial charge is 0.251 e. The average Bonchev–Trinajstić information content (AvgIpc) is 2.45. The van der Waals surface area contributed by atoms with E-state index in [4.69, 9.17) is 0 Å². The third-order valence-corrected chi connectivity index (χ3v) is 3.73. The zero-order valence-electron chi connectivity index (χ0n) is 11.9. The first-order valence-corrected chi connectivity index (χ1v) is 7.61. The maximum absolute atomic E-state index is 12.0. The van der Waals surface area contributed by atoms with Gasteiger partial charge in [0.25, 0.3) is 5.56 Å². The highest BCUT2D eigenvalue weighted by Gasteiger charge is 2.10. The minimum Gasteiger partial charge on any atom is -0.325 e. The molecule has 5 nitrogen and oxygen atoms in total. The summed E-state index contributed by atoms with van der Waals surface area (Å²) in [6, 6.07) is 9.08. The molecule has 0 spiro atoms. The lowest BCUT2D eigenvalue weighted by atomic mass is 10.0. The molecule has 1 amide bonds. The summed E-state index contributed by atoms with van der Waals surface area (Å²) in [4.78, 5) is 29.7. The highest BCUT2D eigenvalue weighted by molar-refractivity contribution is 7.99. The predicted octanol–water partition coefficient (Wildman–Crippen LogP) is 2.62. The fourth-order valence-electron chi connectivity index (χ4n) is 1.86. The summed E-state index contributed by atoms with van der Waals surface area (Å²) in [6.45, 7) is 4.16. The van der Waals surface area contributed by atoms with Crippen LogP contribution in [0, 0.1) is 0 Å². The van der Waals surface area contributed by atoms with Gasteiger partial charge in [0.1, 0.15) is 0 Å². The van der Waals surface area contributed by atoms with Gasteiger partial charge in [0.2, 0.25) is 5.91 Å². The monoisotopic (exact) mass is 303 g/mol. The maximum atomic E-state index is 12.0. The van der Waals surface area contributed by atoms with Crippen molar-refractivity contribution in [2.75, 3.05) is 11.1 Å². The van der Waals surface area contributed by atoms with Crippen LogP contribution in [0.2, 0.25) is 0 Å². The molecule has 2 aromatic rings. The molecule has 0 aliphatic carbocycles. The Labute approximate surface area is 127 Å². The minimum absolute atomic E-state index is 0.125. The molecule has 21 heavy (non-hydrogen) atoms. The molecular weight excluding hydrogens is 286 g/mol. The van der Waals surface area contributed by atoms with Crippen molar-refractivity contribution in [2.45, 2.75) is 24.9 Å². The lowest BCUT2D eigenvalue weighted by Gasteiger charge is -2.13. The van der Waals surface area contributed by atoms with Gasteiger partial charge in [0, 0.05) is 18.0 Å². The Morgan fingerprint density at radius 3 is 2.81 bits per heavy atom. The van der Waals surface area contributed by atoms with Crippen molar-refractivity contribution in [2.24, 2.45) is 0 Å². The Bertz CT molecular complexity index is 682. The molecular formula is C15H17N3O2S. The van der Waals surface area contributed by atoms with Gasteiger partial charge in [0.05, 0.1) is 5.75 Å². The Hall–Kier alpha value is -2.08. The van der Waals surface area contributed by atoms with Gasteiger partial charge in [0.15, 0.2) is 5.16 Å². The number of hydrogen-bond donors (Lipinski definition) is 2. The van der Waals surface area contributed by atoms with Crippen molar-refractivity contribution >= 4 is 23.4 Å². The van der Waals surface area contributed by atoms with Crippen LogP contribution in [-0.4, -0.2) is 21.6 Å². The Morgan fingerprint density at radius 1 is 1.33 bits per heavy atom. The zero-order chi connectivity index (χ0) is 15.2. The summed E-state index contributed by atoms with van der Waals surface area (Å²) in [6.07, 6.45) is 1.42. The summed E-state index contributed by atoms with van der Waals surface area (Å²) in [5.74, 6) is 0.403. The van der Waals surface area contributed by atoms with Gasteiger partial charge in [-0.15, -0.1) is 0 Å². The summed E-state index contributed by atoms with van der Waals surface area (Å²) >= 11 is 1.20. The number of H-pyrrole nitrogens is 1. The van der Waals surface area contributed by atoms with Crippen LogP contribution in [-0.2, 0) is 4.79 Å². The lowest BCUT2D eigenvalue weighted by molar-refractivity contribution is -0.113. The Morgan fingerprint density at radius 2 is 2.10 bits per heavy atom. The number of nitrogens with zero attached hydrogens (tertiary/aromatic N) is 1. The van der Waals surface area contributed by atoms with E-state index in [0.717, 1.165) is 11.3 Å². The molecule has 2 rings (SSSR count). The lowest BCUT2D eigenvalue weighted by Crippen LogP contribution is -2.16.